The molecule has 0 atom stereocenters. The summed E-state index contributed by atoms with van der Waals surface area (Å²) in [5.74, 6) is 0.665. The molecule has 0 aromatic rings. The first kappa shape index (κ1) is 13.3. The van der Waals surface area contributed by atoms with Crippen LogP contribution >= 0.6 is 12.2 Å². The SMILES string of the molecule is CC(C)CC(=S)CC(=O)CN1CCCC1=O. The third-order valence-corrected chi connectivity index (χ3v) is 2.88. The molecule has 0 unspecified atom stereocenters. The smallest absolute Gasteiger partial charge is 0.223 e. The van der Waals surface area contributed by atoms with Crippen molar-refractivity contribution in [2.75, 3.05) is 13.1 Å². The summed E-state index contributed by atoms with van der Waals surface area (Å²) >= 11 is 5.15. The molecule has 1 amide bonds. The molecular formula is C12H19NO2S. The highest BCUT2D eigenvalue weighted by molar-refractivity contribution is 7.80. The van der Waals surface area contributed by atoms with Gasteiger partial charge in [0.15, 0.2) is 5.78 Å². The van der Waals surface area contributed by atoms with Crippen LogP contribution in [-0.2, 0) is 9.59 Å². The number of hydrogen-bond donors (Lipinski definition) is 0. The molecule has 1 heterocycles. The van der Waals surface area contributed by atoms with Crippen molar-refractivity contribution < 1.29 is 9.59 Å². The van der Waals surface area contributed by atoms with Crippen molar-refractivity contribution in [3.63, 3.8) is 0 Å². The van der Waals surface area contributed by atoms with Crippen LogP contribution in [0.5, 0.6) is 0 Å². The number of rotatable bonds is 6. The van der Waals surface area contributed by atoms with Gasteiger partial charge in [-0.1, -0.05) is 26.1 Å². The Bertz CT molecular complexity index is 299. The predicted octanol–water partition coefficient (Wildman–Crippen LogP) is 1.98. The van der Waals surface area contributed by atoms with Gasteiger partial charge in [0.05, 0.1) is 6.54 Å². The number of likely N-dealkylation sites (tertiary alicyclic amines) is 1. The lowest BCUT2D eigenvalue weighted by molar-refractivity contribution is -0.131. The highest BCUT2D eigenvalue weighted by atomic mass is 32.1. The zero-order valence-corrected chi connectivity index (χ0v) is 10.8. The van der Waals surface area contributed by atoms with Gasteiger partial charge in [-0.2, -0.15) is 0 Å². The van der Waals surface area contributed by atoms with Gasteiger partial charge in [0.1, 0.15) is 0 Å². The summed E-state index contributed by atoms with van der Waals surface area (Å²) in [5.41, 5.74) is 0. The van der Waals surface area contributed by atoms with Gasteiger partial charge in [-0.25, -0.2) is 0 Å². The lowest BCUT2D eigenvalue weighted by Crippen LogP contribution is -2.31. The van der Waals surface area contributed by atoms with Crippen LogP contribution in [0, 0.1) is 5.92 Å². The first-order chi connectivity index (χ1) is 7.49. The summed E-state index contributed by atoms with van der Waals surface area (Å²) in [6.07, 6.45) is 2.62. The molecule has 0 spiro atoms. The van der Waals surface area contributed by atoms with E-state index in [1.165, 1.54) is 0 Å². The van der Waals surface area contributed by atoms with Crippen LogP contribution in [0.3, 0.4) is 0 Å². The molecule has 0 saturated carbocycles. The first-order valence-corrected chi connectivity index (χ1v) is 6.21. The molecule has 4 heteroatoms. The number of nitrogens with zero attached hydrogens (tertiary/aromatic N) is 1. The van der Waals surface area contributed by atoms with Gasteiger partial charge >= 0.3 is 0 Å². The second kappa shape index (κ2) is 6.09. The van der Waals surface area contributed by atoms with Gasteiger partial charge in [-0.05, 0) is 18.8 Å². The second-order valence-corrected chi connectivity index (χ2v) is 5.35. The Morgan fingerprint density at radius 2 is 2.19 bits per heavy atom. The van der Waals surface area contributed by atoms with Crippen LogP contribution in [0.15, 0.2) is 0 Å². The number of carbonyl (C=O) groups is 2. The Morgan fingerprint density at radius 3 is 2.69 bits per heavy atom. The lowest BCUT2D eigenvalue weighted by Gasteiger charge is -2.14. The third-order valence-electron chi connectivity index (χ3n) is 2.57. The summed E-state index contributed by atoms with van der Waals surface area (Å²) in [7, 11) is 0. The molecule has 1 aliphatic rings. The van der Waals surface area contributed by atoms with E-state index in [4.69, 9.17) is 12.2 Å². The molecule has 1 aliphatic heterocycles. The van der Waals surface area contributed by atoms with Gasteiger partial charge in [0.2, 0.25) is 5.91 Å². The Morgan fingerprint density at radius 1 is 1.50 bits per heavy atom. The molecule has 1 saturated heterocycles. The van der Waals surface area contributed by atoms with Crippen LogP contribution in [0.2, 0.25) is 0 Å². The fourth-order valence-electron chi connectivity index (χ4n) is 1.89. The molecule has 0 aromatic carbocycles. The van der Waals surface area contributed by atoms with E-state index < -0.39 is 0 Å². The molecule has 0 radical (unpaired) electrons. The molecule has 16 heavy (non-hydrogen) atoms. The molecule has 3 nitrogen and oxygen atoms in total. The highest BCUT2D eigenvalue weighted by Gasteiger charge is 2.22. The van der Waals surface area contributed by atoms with Crippen LogP contribution in [-0.4, -0.2) is 34.5 Å². The van der Waals surface area contributed by atoms with E-state index in [1.54, 1.807) is 4.90 Å². The summed E-state index contributed by atoms with van der Waals surface area (Å²) < 4.78 is 0. The zero-order chi connectivity index (χ0) is 12.1. The van der Waals surface area contributed by atoms with Crippen molar-refractivity contribution in [3.8, 4) is 0 Å². The van der Waals surface area contributed by atoms with Gasteiger partial charge in [-0.3, -0.25) is 9.59 Å². The maximum atomic E-state index is 11.7. The van der Waals surface area contributed by atoms with Gasteiger partial charge in [0, 0.05) is 24.3 Å². The summed E-state index contributed by atoms with van der Waals surface area (Å²) in [6.45, 7) is 5.14. The number of amides is 1. The second-order valence-electron chi connectivity index (χ2n) is 4.77. The normalized spacial score (nSPS) is 15.9. The van der Waals surface area contributed by atoms with Gasteiger partial charge in [-0.15, -0.1) is 0 Å². The quantitative estimate of drug-likeness (QED) is 0.667. The summed E-state index contributed by atoms with van der Waals surface area (Å²) in [4.78, 5) is 25.4. The Balaban J connectivity index is 2.30. The number of ketones is 1. The highest BCUT2D eigenvalue weighted by Crippen LogP contribution is 2.11. The fraction of sp³-hybridized carbons (Fsp3) is 0.750. The van der Waals surface area contributed by atoms with E-state index in [-0.39, 0.29) is 18.2 Å². The van der Waals surface area contributed by atoms with Crippen LogP contribution in [0.4, 0.5) is 0 Å². The Labute approximate surface area is 102 Å². The molecular weight excluding hydrogens is 222 g/mol. The topological polar surface area (TPSA) is 37.4 Å². The molecule has 0 N–H and O–H groups in total. The number of thiocarbonyl (C=S) groups is 1. The fourth-order valence-corrected chi connectivity index (χ4v) is 2.38. The minimum atomic E-state index is 0.0703. The van der Waals surface area contributed by atoms with E-state index in [2.05, 4.69) is 13.8 Å². The summed E-state index contributed by atoms with van der Waals surface area (Å²) in [5, 5.41) is 0. The van der Waals surface area contributed by atoms with Crippen LogP contribution in [0.1, 0.15) is 39.5 Å². The van der Waals surface area contributed by atoms with E-state index in [1.807, 2.05) is 0 Å². The third kappa shape index (κ3) is 4.39. The van der Waals surface area contributed by atoms with Gasteiger partial charge in [0.25, 0.3) is 0 Å². The first-order valence-electron chi connectivity index (χ1n) is 5.80. The number of hydrogen-bond acceptors (Lipinski definition) is 3. The Kier molecular flexibility index (Phi) is 5.06. The maximum absolute atomic E-state index is 11.7. The molecule has 1 rings (SSSR count). The van der Waals surface area contributed by atoms with Crippen LogP contribution in [0.25, 0.3) is 0 Å². The summed E-state index contributed by atoms with van der Waals surface area (Å²) in [6, 6.07) is 0. The van der Waals surface area contributed by atoms with Crippen molar-refractivity contribution in [2.45, 2.75) is 39.5 Å². The van der Waals surface area contributed by atoms with E-state index in [0.29, 0.717) is 18.8 Å². The van der Waals surface area contributed by atoms with E-state index in [9.17, 15) is 9.59 Å². The maximum Gasteiger partial charge on any atom is 0.223 e. The number of Topliss-reactive ketones (excluding diaryl/α,β-unsaturated/α-hetero) is 1. The Hall–Kier alpha value is -0.770. The number of carbonyl (C=O) groups excluding carboxylic acids is 2. The monoisotopic (exact) mass is 241 g/mol. The predicted molar refractivity (Wildman–Crippen MR) is 67.5 cm³/mol. The average molecular weight is 241 g/mol. The van der Waals surface area contributed by atoms with Crippen LogP contribution < -0.4 is 0 Å². The van der Waals surface area contributed by atoms with Crippen molar-refractivity contribution in [1.29, 1.82) is 0 Å². The van der Waals surface area contributed by atoms with Gasteiger partial charge < -0.3 is 4.90 Å². The molecule has 0 aliphatic carbocycles. The van der Waals surface area contributed by atoms with Crippen molar-refractivity contribution in [1.82, 2.24) is 4.90 Å². The lowest BCUT2D eigenvalue weighted by atomic mass is 10.0. The minimum Gasteiger partial charge on any atom is -0.335 e. The molecule has 1 fully saturated rings. The largest absolute Gasteiger partial charge is 0.335 e. The van der Waals surface area contributed by atoms with Crippen molar-refractivity contribution >= 4 is 28.8 Å². The standard InChI is InChI=1S/C12H19NO2S/c1-9(2)6-11(16)7-10(14)8-13-5-3-4-12(13)15/h9H,3-8H2,1-2H3. The average Bonchev–Trinajstić information content (AvgIpc) is 2.49. The molecule has 0 bridgehead atoms. The minimum absolute atomic E-state index is 0.0703. The zero-order valence-electron chi connectivity index (χ0n) is 9.99. The molecule has 0 aromatic heterocycles. The molecule has 90 valence electrons. The van der Waals surface area contributed by atoms with Crippen molar-refractivity contribution in [2.24, 2.45) is 5.92 Å². The van der Waals surface area contributed by atoms with E-state index >= 15 is 0 Å². The van der Waals surface area contributed by atoms with E-state index in [0.717, 1.165) is 24.3 Å². The van der Waals surface area contributed by atoms with Crippen molar-refractivity contribution in [3.05, 3.63) is 0 Å².